The van der Waals surface area contributed by atoms with Crippen LogP contribution in [0.4, 0.5) is 0 Å². The zero-order valence-corrected chi connectivity index (χ0v) is 20.3. The Hall–Kier alpha value is -2.94. The number of ether oxygens (including phenoxy) is 3. The van der Waals surface area contributed by atoms with Crippen LogP contribution in [0.2, 0.25) is 0 Å². The van der Waals surface area contributed by atoms with Crippen molar-refractivity contribution in [2.45, 2.75) is 71.6 Å². The van der Waals surface area contributed by atoms with E-state index in [0.717, 1.165) is 25.7 Å². The van der Waals surface area contributed by atoms with Gasteiger partial charge in [0.2, 0.25) is 0 Å². The molecule has 0 saturated carbocycles. The number of aliphatic hydroxyl groups is 1. The van der Waals surface area contributed by atoms with Gasteiger partial charge in [0.25, 0.3) is 0 Å². The molecule has 1 rings (SSSR count). The minimum absolute atomic E-state index is 0.00624. The highest BCUT2D eigenvalue weighted by molar-refractivity contribution is 6.03. The van der Waals surface area contributed by atoms with Gasteiger partial charge in [-0.1, -0.05) is 38.8 Å². The number of esters is 3. The number of carbonyl (C=O) groups excluding carboxylic acids is 3. The fraction of sp³-hybridized carbons (Fsp3) is 0.600. The number of unbranched alkanes of at least 4 members (excludes halogenated alkanes) is 3. The van der Waals surface area contributed by atoms with Gasteiger partial charge < -0.3 is 24.4 Å². The standard InChI is InChI=1S/C16H22O4.C9H16O5/c1-3-5-11-19-15(17)13-9-7-8-10-14(13)16(18)20-12-6-4-2;10-6-3-7-14-9(13)5-2-1-4-8(11)12/h7-10H,3-6,11-12H2,1-2H3;10H,1-7H2,(H,11,12). The summed E-state index contributed by atoms with van der Waals surface area (Å²) in [6.45, 7) is 5.02. The SMILES string of the molecule is CCCCOC(=O)c1ccccc1C(=O)OCCCC.O=C(O)CCCCC(=O)OCCCO. The largest absolute Gasteiger partial charge is 0.481 e. The van der Waals surface area contributed by atoms with Gasteiger partial charge in [-0.25, -0.2) is 9.59 Å². The molecule has 0 radical (unpaired) electrons. The quantitative estimate of drug-likeness (QED) is 0.202. The van der Waals surface area contributed by atoms with Crippen LogP contribution in [-0.2, 0) is 23.8 Å². The number of rotatable bonds is 16. The molecule has 2 N–H and O–H groups in total. The summed E-state index contributed by atoms with van der Waals surface area (Å²) >= 11 is 0. The summed E-state index contributed by atoms with van der Waals surface area (Å²) in [7, 11) is 0. The van der Waals surface area contributed by atoms with Crippen LogP contribution in [0.1, 0.15) is 92.4 Å². The van der Waals surface area contributed by atoms with Crippen molar-refractivity contribution in [3.05, 3.63) is 35.4 Å². The molecule has 9 nitrogen and oxygen atoms in total. The lowest BCUT2D eigenvalue weighted by Crippen LogP contribution is -2.14. The van der Waals surface area contributed by atoms with Crippen molar-refractivity contribution in [3.63, 3.8) is 0 Å². The highest BCUT2D eigenvalue weighted by Crippen LogP contribution is 2.12. The third kappa shape index (κ3) is 15.8. The molecule has 9 heteroatoms. The molecule has 0 aliphatic heterocycles. The van der Waals surface area contributed by atoms with Gasteiger partial charge in [-0.2, -0.15) is 0 Å². The van der Waals surface area contributed by atoms with Gasteiger partial charge in [-0.3, -0.25) is 9.59 Å². The highest BCUT2D eigenvalue weighted by atomic mass is 16.5. The Bertz CT molecular complexity index is 690. The summed E-state index contributed by atoms with van der Waals surface area (Å²) in [4.78, 5) is 44.9. The third-order valence-corrected chi connectivity index (χ3v) is 4.42. The molecule has 0 atom stereocenters. The molecule has 0 spiro atoms. The molecule has 0 aromatic heterocycles. The summed E-state index contributed by atoms with van der Waals surface area (Å²) < 4.78 is 15.0. The second kappa shape index (κ2) is 20.7. The lowest BCUT2D eigenvalue weighted by Gasteiger charge is -2.09. The van der Waals surface area contributed by atoms with Crippen LogP contribution in [-0.4, -0.2) is 60.5 Å². The lowest BCUT2D eigenvalue weighted by molar-refractivity contribution is -0.144. The van der Waals surface area contributed by atoms with Gasteiger partial charge in [0, 0.05) is 25.9 Å². The maximum absolute atomic E-state index is 11.9. The minimum atomic E-state index is -0.848. The average Bonchev–Trinajstić information content (AvgIpc) is 2.82. The van der Waals surface area contributed by atoms with Crippen molar-refractivity contribution in [3.8, 4) is 0 Å². The summed E-state index contributed by atoms with van der Waals surface area (Å²) in [5.74, 6) is -2.12. The highest BCUT2D eigenvalue weighted by Gasteiger charge is 2.18. The molecule has 34 heavy (non-hydrogen) atoms. The molecule has 0 unspecified atom stereocenters. The van der Waals surface area contributed by atoms with Crippen LogP contribution in [0.25, 0.3) is 0 Å². The van der Waals surface area contributed by atoms with E-state index in [1.54, 1.807) is 24.3 Å². The van der Waals surface area contributed by atoms with Gasteiger partial charge in [-0.05, 0) is 37.8 Å². The van der Waals surface area contributed by atoms with Gasteiger partial charge in [0.15, 0.2) is 0 Å². The van der Waals surface area contributed by atoms with Gasteiger partial charge in [0.1, 0.15) is 0 Å². The number of hydrogen-bond acceptors (Lipinski definition) is 8. The van der Waals surface area contributed by atoms with Crippen molar-refractivity contribution in [2.24, 2.45) is 0 Å². The van der Waals surface area contributed by atoms with Crippen molar-refractivity contribution >= 4 is 23.9 Å². The number of benzene rings is 1. The summed E-state index contributed by atoms with van der Waals surface area (Å²) in [6.07, 6.45) is 5.34. The van der Waals surface area contributed by atoms with E-state index < -0.39 is 17.9 Å². The molecular weight excluding hydrogens is 444 g/mol. The maximum atomic E-state index is 11.9. The first-order valence-corrected chi connectivity index (χ1v) is 11.8. The van der Waals surface area contributed by atoms with Crippen molar-refractivity contribution in [1.82, 2.24) is 0 Å². The van der Waals surface area contributed by atoms with E-state index in [2.05, 4.69) is 0 Å². The predicted molar refractivity (Wildman–Crippen MR) is 126 cm³/mol. The summed E-state index contributed by atoms with van der Waals surface area (Å²) in [5, 5.41) is 16.7. The topological polar surface area (TPSA) is 136 Å². The molecule has 0 bridgehead atoms. The van der Waals surface area contributed by atoms with E-state index >= 15 is 0 Å². The summed E-state index contributed by atoms with van der Waals surface area (Å²) in [5.41, 5.74) is 0.537. The third-order valence-electron chi connectivity index (χ3n) is 4.42. The second-order valence-corrected chi connectivity index (χ2v) is 7.42. The minimum Gasteiger partial charge on any atom is -0.481 e. The lowest BCUT2D eigenvalue weighted by atomic mass is 10.1. The monoisotopic (exact) mass is 482 g/mol. The number of carboxylic acids is 1. The first kappa shape index (κ1) is 31.1. The Kier molecular flexibility index (Phi) is 18.9. The fourth-order valence-electron chi connectivity index (χ4n) is 2.48. The first-order valence-electron chi connectivity index (χ1n) is 11.8. The van der Waals surface area contributed by atoms with Crippen LogP contribution < -0.4 is 0 Å². The van der Waals surface area contributed by atoms with Crippen molar-refractivity contribution < 1.29 is 43.6 Å². The fourth-order valence-corrected chi connectivity index (χ4v) is 2.48. The van der Waals surface area contributed by atoms with Gasteiger partial charge in [-0.15, -0.1) is 0 Å². The van der Waals surface area contributed by atoms with E-state index in [9.17, 15) is 19.2 Å². The van der Waals surface area contributed by atoms with E-state index in [1.807, 2.05) is 13.8 Å². The van der Waals surface area contributed by atoms with E-state index in [4.69, 9.17) is 24.4 Å². The van der Waals surface area contributed by atoms with Crippen molar-refractivity contribution in [1.29, 1.82) is 0 Å². The van der Waals surface area contributed by atoms with Crippen LogP contribution >= 0.6 is 0 Å². The smallest absolute Gasteiger partial charge is 0.339 e. The summed E-state index contributed by atoms with van der Waals surface area (Å²) in [6, 6.07) is 6.59. The Morgan fingerprint density at radius 2 is 1.18 bits per heavy atom. The Labute approximate surface area is 201 Å². The molecular formula is C25H38O9. The molecule has 192 valence electrons. The molecule has 0 aliphatic rings. The number of hydrogen-bond donors (Lipinski definition) is 2. The van der Waals surface area contributed by atoms with Crippen molar-refractivity contribution in [2.75, 3.05) is 26.4 Å². The number of aliphatic hydroxyl groups excluding tert-OH is 1. The molecule has 1 aromatic rings. The zero-order chi connectivity index (χ0) is 25.6. The molecule has 1 aromatic carbocycles. The molecule has 0 fully saturated rings. The maximum Gasteiger partial charge on any atom is 0.339 e. The number of carboxylic acid groups (broad SMARTS) is 1. The van der Waals surface area contributed by atoms with Crippen LogP contribution in [0.3, 0.4) is 0 Å². The van der Waals surface area contributed by atoms with Crippen LogP contribution in [0, 0.1) is 0 Å². The molecule has 0 saturated heterocycles. The molecule has 0 heterocycles. The number of carbonyl (C=O) groups is 4. The van der Waals surface area contributed by atoms with E-state index in [1.165, 1.54) is 0 Å². The zero-order valence-electron chi connectivity index (χ0n) is 20.3. The average molecular weight is 483 g/mol. The normalized spacial score (nSPS) is 9.97. The Morgan fingerprint density at radius 1 is 0.706 bits per heavy atom. The molecule has 0 amide bonds. The van der Waals surface area contributed by atoms with E-state index in [0.29, 0.717) is 32.5 Å². The van der Waals surface area contributed by atoms with Crippen LogP contribution in [0.5, 0.6) is 0 Å². The predicted octanol–water partition coefficient (Wildman–Crippen LogP) is 4.16. The Morgan fingerprint density at radius 3 is 1.62 bits per heavy atom. The van der Waals surface area contributed by atoms with Gasteiger partial charge >= 0.3 is 23.9 Å². The number of aliphatic carboxylic acids is 1. The Balaban J connectivity index is 0.000000686. The molecule has 0 aliphatic carbocycles. The first-order chi connectivity index (χ1) is 16.4. The van der Waals surface area contributed by atoms with Crippen LogP contribution in [0.15, 0.2) is 24.3 Å². The second-order valence-electron chi connectivity index (χ2n) is 7.42. The van der Waals surface area contributed by atoms with Gasteiger partial charge in [0.05, 0.1) is 30.9 Å². The van der Waals surface area contributed by atoms with E-state index in [-0.39, 0.29) is 43.2 Å².